The third-order valence-corrected chi connectivity index (χ3v) is 1.57. The zero-order valence-corrected chi connectivity index (χ0v) is 6.94. The zero-order chi connectivity index (χ0) is 9.84. The lowest BCUT2D eigenvalue weighted by atomic mass is 10.2. The highest BCUT2D eigenvalue weighted by molar-refractivity contribution is 5.84. The minimum absolute atomic E-state index is 0.322. The molecular formula is C7H8N2O4. The summed E-state index contributed by atoms with van der Waals surface area (Å²) in [5.41, 5.74) is 0. The van der Waals surface area contributed by atoms with Crippen molar-refractivity contribution in [2.24, 2.45) is 0 Å². The minimum Gasteiger partial charge on any atom is -0.449 e. The Morgan fingerprint density at radius 3 is 3.00 bits per heavy atom. The Morgan fingerprint density at radius 1 is 1.85 bits per heavy atom. The van der Waals surface area contributed by atoms with E-state index in [4.69, 9.17) is 5.26 Å². The van der Waals surface area contributed by atoms with Crippen molar-refractivity contribution in [2.45, 2.75) is 19.1 Å². The Morgan fingerprint density at radius 2 is 2.54 bits per heavy atom. The molecule has 13 heavy (non-hydrogen) atoms. The van der Waals surface area contributed by atoms with Crippen molar-refractivity contribution >= 4 is 12.1 Å². The fraction of sp³-hybridized carbons (Fsp3) is 0.571. The maximum atomic E-state index is 11.1. The van der Waals surface area contributed by atoms with Gasteiger partial charge < -0.3 is 14.8 Å². The van der Waals surface area contributed by atoms with Gasteiger partial charge in [-0.25, -0.2) is 9.59 Å². The predicted octanol–water partition coefficient (Wildman–Crippen LogP) is -0.450. The normalized spacial score (nSPS) is 25.7. The van der Waals surface area contributed by atoms with Gasteiger partial charge in [0, 0.05) is 0 Å². The van der Waals surface area contributed by atoms with Crippen LogP contribution < -0.4 is 5.32 Å². The van der Waals surface area contributed by atoms with Crippen molar-refractivity contribution in [3.63, 3.8) is 0 Å². The number of nitrogens with zero attached hydrogens (tertiary/aromatic N) is 1. The molecule has 1 amide bonds. The molecular weight excluding hydrogens is 176 g/mol. The van der Waals surface area contributed by atoms with Gasteiger partial charge in [0.25, 0.3) is 0 Å². The number of cyclic esters (lactones) is 1. The highest BCUT2D eigenvalue weighted by atomic mass is 16.6. The van der Waals surface area contributed by atoms with E-state index in [-0.39, 0.29) is 6.61 Å². The standard InChI is InChI=1S/C7H8N2O4/c1-4-5(9-7(11)13-4)6(10)12-3-2-8/h4-5H,3H2,1H3,(H,9,11). The topological polar surface area (TPSA) is 88.4 Å². The van der Waals surface area contributed by atoms with Crippen LogP contribution >= 0.6 is 0 Å². The number of carbonyl (C=O) groups is 2. The number of alkyl carbamates (subject to hydrolysis) is 1. The largest absolute Gasteiger partial charge is 0.449 e. The smallest absolute Gasteiger partial charge is 0.408 e. The first-order valence-corrected chi connectivity index (χ1v) is 3.66. The number of amides is 1. The lowest BCUT2D eigenvalue weighted by molar-refractivity contribution is -0.145. The molecule has 1 N–H and O–H groups in total. The van der Waals surface area contributed by atoms with Crippen molar-refractivity contribution in [3.8, 4) is 6.07 Å². The summed E-state index contributed by atoms with van der Waals surface area (Å²) in [4.78, 5) is 21.7. The molecule has 0 aromatic heterocycles. The molecule has 2 atom stereocenters. The van der Waals surface area contributed by atoms with Crippen LogP contribution in [0.5, 0.6) is 0 Å². The monoisotopic (exact) mass is 184 g/mol. The molecule has 0 radical (unpaired) electrons. The third-order valence-electron chi connectivity index (χ3n) is 1.57. The van der Waals surface area contributed by atoms with Gasteiger partial charge in [-0.15, -0.1) is 0 Å². The zero-order valence-electron chi connectivity index (χ0n) is 6.94. The van der Waals surface area contributed by atoms with E-state index >= 15 is 0 Å². The Balaban J connectivity index is 2.48. The number of nitrogens with one attached hydrogen (secondary N) is 1. The summed E-state index contributed by atoms with van der Waals surface area (Å²) < 4.78 is 9.14. The first-order valence-electron chi connectivity index (χ1n) is 3.66. The highest BCUT2D eigenvalue weighted by Crippen LogP contribution is 2.08. The van der Waals surface area contributed by atoms with E-state index in [0.717, 1.165) is 0 Å². The van der Waals surface area contributed by atoms with Crippen molar-refractivity contribution < 1.29 is 19.1 Å². The molecule has 1 fully saturated rings. The number of hydrogen-bond acceptors (Lipinski definition) is 5. The average molecular weight is 184 g/mol. The van der Waals surface area contributed by atoms with Gasteiger partial charge in [-0.2, -0.15) is 5.26 Å². The Kier molecular flexibility index (Phi) is 2.69. The molecule has 6 nitrogen and oxygen atoms in total. The molecule has 0 aliphatic carbocycles. The van der Waals surface area contributed by atoms with E-state index in [0.29, 0.717) is 0 Å². The van der Waals surface area contributed by atoms with Crippen LogP contribution in [0, 0.1) is 11.3 Å². The van der Waals surface area contributed by atoms with Gasteiger partial charge in [-0.3, -0.25) is 0 Å². The summed E-state index contributed by atoms with van der Waals surface area (Å²) in [5.74, 6) is -0.653. The molecule has 0 bridgehead atoms. The molecule has 1 rings (SSSR count). The van der Waals surface area contributed by atoms with E-state index in [2.05, 4.69) is 14.8 Å². The Labute approximate surface area is 74.4 Å². The molecule has 1 aliphatic rings. The molecule has 0 spiro atoms. The fourth-order valence-corrected chi connectivity index (χ4v) is 0.959. The van der Waals surface area contributed by atoms with Crippen LogP contribution in [0.15, 0.2) is 0 Å². The first-order chi connectivity index (χ1) is 6.15. The fourth-order valence-electron chi connectivity index (χ4n) is 0.959. The highest BCUT2D eigenvalue weighted by Gasteiger charge is 2.37. The van der Waals surface area contributed by atoms with Gasteiger partial charge in [0.1, 0.15) is 12.2 Å². The predicted molar refractivity (Wildman–Crippen MR) is 39.4 cm³/mol. The molecule has 0 aromatic carbocycles. The number of nitriles is 1. The minimum atomic E-state index is -0.805. The molecule has 1 saturated heterocycles. The summed E-state index contributed by atoms with van der Waals surface area (Å²) in [6.45, 7) is 1.24. The Hall–Kier alpha value is -1.77. The van der Waals surface area contributed by atoms with Crippen molar-refractivity contribution in [1.29, 1.82) is 5.26 Å². The van der Waals surface area contributed by atoms with Crippen molar-refractivity contribution in [1.82, 2.24) is 5.32 Å². The summed E-state index contributed by atoms with van der Waals surface area (Å²) in [6.07, 6.45) is -1.20. The van der Waals surface area contributed by atoms with Crippen LogP contribution in [0.4, 0.5) is 4.79 Å². The van der Waals surface area contributed by atoms with Crippen LogP contribution in [0.2, 0.25) is 0 Å². The second kappa shape index (κ2) is 3.76. The van der Waals surface area contributed by atoms with Crippen LogP contribution in [0.25, 0.3) is 0 Å². The molecule has 2 unspecified atom stereocenters. The van der Waals surface area contributed by atoms with Crippen LogP contribution in [0.1, 0.15) is 6.92 Å². The second-order valence-electron chi connectivity index (χ2n) is 2.50. The molecule has 70 valence electrons. The number of hydrogen-bond donors (Lipinski definition) is 1. The van der Waals surface area contributed by atoms with Crippen molar-refractivity contribution in [3.05, 3.63) is 0 Å². The van der Waals surface area contributed by atoms with Crippen LogP contribution in [-0.4, -0.2) is 30.8 Å². The summed E-state index contributed by atoms with van der Waals surface area (Å²) >= 11 is 0. The van der Waals surface area contributed by atoms with E-state index in [9.17, 15) is 9.59 Å². The van der Waals surface area contributed by atoms with Gasteiger partial charge in [0.2, 0.25) is 0 Å². The second-order valence-corrected chi connectivity index (χ2v) is 2.50. The Bertz CT molecular complexity index is 270. The van der Waals surface area contributed by atoms with E-state index < -0.39 is 24.2 Å². The van der Waals surface area contributed by atoms with E-state index in [1.54, 1.807) is 13.0 Å². The quantitative estimate of drug-likeness (QED) is 0.587. The van der Waals surface area contributed by atoms with E-state index in [1.807, 2.05) is 0 Å². The SMILES string of the molecule is CC1OC(=O)NC1C(=O)OCC#N. The van der Waals surface area contributed by atoms with Gasteiger partial charge in [-0.05, 0) is 6.92 Å². The lowest BCUT2D eigenvalue weighted by Crippen LogP contribution is -2.39. The van der Waals surface area contributed by atoms with Crippen molar-refractivity contribution in [2.75, 3.05) is 6.61 Å². The third kappa shape index (κ3) is 2.08. The molecule has 6 heteroatoms. The number of carbonyl (C=O) groups excluding carboxylic acids is 2. The van der Waals surface area contributed by atoms with Crippen LogP contribution in [-0.2, 0) is 14.3 Å². The summed E-state index contributed by atoms with van der Waals surface area (Å²) in [5, 5.41) is 10.4. The average Bonchev–Trinajstić information content (AvgIpc) is 2.41. The molecule has 0 saturated carbocycles. The first kappa shape index (κ1) is 9.32. The van der Waals surface area contributed by atoms with Gasteiger partial charge >= 0.3 is 12.1 Å². The van der Waals surface area contributed by atoms with Gasteiger partial charge in [0.05, 0.1) is 0 Å². The van der Waals surface area contributed by atoms with Gasteiger partial charge in [-0.1, -0.05) is 0 Å². The summed E-state index contributed by atoms with van der Waals surface area (Å²) in [6, 6.07) is 0.847. The van der Waals surface area contributed by atoms with Crippen LogP contribution in [0.3, 0.4) is 0 Å². The maximum absolute atomic E-state index is 11.1. The number of rotatable bonds is 2. The molecule has 1 heterocycles. The molecule has 0 aromatic rings. The van der Waals surface area contributed by atoms with Gasteiger partial charge in [0.15, 0.2) is 12.6 Å². The number of esters is 1. The number of ether oxygens (including phenoxy) is 2. The van der Waals surface area contributed by atoms with E-state index in [1.165, 1.54) is 0 Å². The maximum Gasteiger partial charge on any atom is 0.408 e. The lowest BCUT2D eigenvalue weighted by Gasteiger charge is -2.09. The summed E-state index contributed by atoms with van der Waals surface area (Å²) in [7, 11) is 0. The molecule has 1 aliphatic heterocycles.